The fourth-order valence-corrected chi connectivity index (χ4v) is 3.16. The maximum absolute atomic E-state index is 12.6. The van der Waals surface area contributed by atoms with Crippen LogP contribution in [0.4, 0.5) is 17.1 Å². The normalized spacial score (nSPS) is 10.3. The molecule has 0 aliphatic heterocycles. The second-order valence-corrected chi connectivity index (χ2v) is 7.19. The van der Waals surface area contributed by atoms with Crippen LogP contribution in [0.1, 0.15) is 31.3 Å². The van der Waals surface area contributed by atoms with Crippen molar-refractivity contribution >= 4 is 34.8 Å². The molecule has 34 heavy (non-hydrogen) atoms. The molecule has 4 aromatic rings. The number of rotatable bonds is 7. The molecule has 3 aromatic carbocycles. The largest absolute Gasteiger partial charge is 0.495 e. The predicted molar refractivity (Wildman–Crippen MR) is 128 cm³/mol. The Morgan fingerprint density at radius 3 is 1.76 bits per heavy atom. The molecule has 3 amide bonds. The Balaban J connectivity index is 1.35. The maximum Gasteiger partial charge on any atom is 0.291 e. The molecule has 8 heteroatoms. The van der Waals surface area contributed by atoms with Crippen molar-refractivity contribution in [3.05, 3.63) is 108 Å². The van der Waals surface area contributed by atoms with Gasteiger partial charge in [0, 0.05) is 22.5 Å². The van der Waals surface area contributed by atoms with Crippen molar-refractivity contribution in [2.24, 2.45) is 0 Å². The molecule has 4 rings (SSSR count). The zero-order valence-corrected chi connectivity index (χ0v) is 18.2. The van der Waals surface area contributed by atoms with E-state index in [1.54, 1.807) is 78.9 Å². The number of hydrogen-bond donors (Lipinski definition) is 3. The van der Waals surface area contributed by atoms with Crippen molar-refractivity contribution in [3.63, 3.8) is 0 Å². The summed E-state index contributed by atoms with van der Waals surface area (Å²) in [7, 11) is 1.53. The van der Waals surface area contributed by atoms with Gasteiger partial charge in [-0.15, -0.1) is 0 Å². The molecule has 0 bridgehead atoms. The number of furan rings is 1. The highest BCUT2D eigenvalue weighted by molar-refractivity contribution is 6.07. The Hall–Kier alpha value is -4.85. The van der Waals surface area contributed by atoms with E-state index in [0.29, 0.717) is 33.9 Å². The molecule has 0 aliphatic rings. The molecular weight excluding hydrogens is 434 g/mol. The van der Waals surface area contributed by atoms with Crippen LogP contribution < -0.4 is 20.7 Å². The molecule has 0 atom stereocenters. The number of para-hydroxylation sites is 2. The quantitative estimate of drug-likeness (QED) is 0.361. The first kappa shape index (κ1) is 22.3. The Labute approximate surface area is 195 Å². The number of methoxy groups -OCH3 is 1. The smallest absolute Gasteiger partial charge is 0.291 e. The van der Waals surface area contributed by atoms with Crippen molar-refractivity contribution in [1.82, 2.24) is 0 Å². The van der Waals surface area contributed by atoms with Gasteiger partial charge in [-0.2, -0.15) is 0 Å². The van der Waals surface area contributed by atoms with E-state index < -0.39 is 0 Å². The van der Waals surface area contributed by atoms with Crippen LogP contribution in [0, 0.1) is 0 Å². The fraction of sp³-hybridized carbons (Fsp3) is 0.0385. The van der Waals surface area contributed by atoms with Crippen LogP contribution in [0.3, 0.4) is 0 Å². The molecule has 0 aliphatic carbocycles. The molecule has 0 saturated heterocycles. The summed E-state index contributed by atoms with van der Waals surface area (Å²) in [5.74, 6) is -0.241. The molecule has 0 spiro atoms. The van der Waals surface area contributed by atoms with Crippen molar-refractivity contribution in [2.75, 3.05) is 23.1 Å². The average Bonchev–Trinajstić information content (AvgIpc) is 3.40. The van der Waals surface area contributed by atoms with E-state index in [0.717, 1.165) is 0 Å². The van der Waals surface area contributed by atoms with E-state index in [1.165, 1.54) is 13.4 Å². The van der Waals surface area contributed by atoms with Gasteiger partial charge in [-0.25, -0.2) is 0 Å². The Kier molecular flexibility index (Phi) is 6.69. The molecular formula is C26H21N3O5. The van der Waals surface area contributed by atoms with Gasteiger partial charge in [-0.3, -0.25) is 14.4 Å². The van der Waals surface area contributed by atoms with Gasteiger partial charge in [-0.1, -0.05) is 12.1 Å². The standard InChI is InChI=1S/C26H21N3O5/c1-33-22-6-3-2-5-21(22)29-25(31)18-10-12-19(13-11-18)27-24(30)17-8-14-20(15-9-17)28-26(32)23-7-4-16-34-23/h2-16H,1H3,(H,27,30)(H,28,32)(H,29,31). The summed E-state index contributed by atoms with van der Waals surface area (Å²) >= 11 is 0. The highest BCUT2D eigenvalue weighted by atomic mass is 16.5. The molecule has 170 valence electrons. The summed E-state index contributed by atoms with van der Waals surface area (Å²) in [6.07, 6.45) is 1.42. The second kappa shape index (κ2) is 10.2. The first-order valence-corrected chi connectivity index (χ1v) is 10.3. The summed E-state index contributed by atoms with van der Waals surface area (Å²) < 4.78 is 10.3. The summed E-state index contributed by atoms with van der Waals surface area (Å²) in [4.78, 5) is 37.1. The Morgan fingerprint density at radius 1 is 0.647 bits per heavy atom. The van der Waals surface area contributed by atoms with Crippen molar-refractivity contribution < 1.29 is 23.5 Å². The molecule has 0 fully saturated rings. The molecule has 3 N–H and O–H groups in total. The van der Waals surface area contributed by atoms with Crippen molar-refractivity contribution in [1.29, 1.82) is 0 Å². The number of anilines is 3. The minimum absolute atomic E-state index is 0.196. The predicted octanol–water partition coefficient (Wildman–Crippen LogP) is 5.05. The number of benzene rings is 3. The third kappa shape index (κ3) is 5.31. The van der Waals surface area contributed by atoms with Crippen LogP contribution in [-0.2, 0) is 0 Å². The first-order valence-electron chi connectivity index (χ1n) is 10.3. The summed E-state index contributed by atoms with van der Waals surface area (Å²) in [5.41, 5.74) is 2.48. The molecule has 1 heterocycles. The Morgan fingerprint density at radius 2 is 1.21 bits per heavy atom. The number of hydrogen-bond acceptors (Lipinski definition) is 5. The van der Waals surface area contributed by atoms with E-state index in [9.17, 15) is 14.4 Å². The van der Waals surface area contributed by atoms with Gasteiger partial charge in [0.2, 0.25) is 0 Å². The van der Waals surface area contributed by atoms with Gasteiger partial charge in [0.25, 0.3) is 17.7 Å². The topological polar surface area (TPSA) is 110 Å². The van der Waals surface area contributed by atoms with Gasteiger partial charge < -0.3 is 25.1 Å². The van der Waals surface area contributed by atoms with Gasteiger partial charge >= 0.3 is 0 Å². The van der Waals surface area contributed by atoms with Gasteiger partial charge in [-0.05, 0) is 72.8 Å². The van der Waals surface area contributed by atoms with E-state index in [1.807, 2.05) is 6.07 Å². The zero-order chi connectivity index (χ0) is 23.9. The fourth-order valence-electron chi connectivity index (χ4n) is 3.16. The number of carbonyl (C=O) groups is 3. The van der Waals surface area contributed by atoms with Crippen LogP contribution in [0.5, 0.6) is 5.75 Å². The number of ether oxygens (including phenoxy) is 1. The number of amides is 3. The highest BCUT2D eigenvalue weighted by Crippen LogP contribution is 2.24. The minimum atomic E-state index is -0.378. The van der Waals surface area contributed by atoms with Crippen molar-refractivity contribution in [3.8, 4) is 5.75 Å². The Bertz CT molecular complexity index is 1300. The van der Waals surface area contributed by atoms with Crippen molar-refractivity contribution in [2.45, 2.75) is 0 Å². The van der Waals surface area contributed by atoms with Crippen LogP contribution in [0.2, 0.25) is 0 Å². The van der Waals surface area contributed by atoms with Crippen LogP contribution >= 0.6 is 0 Å². The van der Waals surface area contributed by atoms with E-state index in [-0.39, 0.29) is 23.5 Å². The third-order valence-electron chi connectivity index (χ3n) is 4.91. The lowest BCUT2D eigenvalue weighted by Crippen LogP contribution is -2.14. The third-order valence-corrected chi connectivity index (χ3v) is 4.91. The minimum Gasteiger partial charge on any atom is -0.495 e. The second-order valence-electron chi connectivity index (χ2n) is 7.19. The lowest BCUT2D eigenvalue weighted by molar-refractivity contribution is 0.0994. The number of carbonyl (C=O) groups excluding carboxylic acids is 3. The van der Waals surface area contributed by atoms with Crippen LogP contribution in [-0.4, -0.2) is 24.8 Å². The van der Waals surface area contributed by atoms with E-state index in [2.05, 4.69) is 16.0 Å². The first-order chi connectivity index (χ1) is 16.5. The molecule has 8 nitrogen and oxygen atoms in total. The highest BCUT2D eigenvalue weighted by Gasteiger charge is 2.12. The molecule has 0 radical (unpaired) electrons. The lowest BCUT2D eigenvalue weighted by Gasteiger charge is -2.10. The summed E-state index contributed by atoms with van der Waals surface area (Å²) in [6, 6.07) is 23.3. The SMILES string of the molecule is COc1ccccc1NC(=O)c1ccc(NC(=O)c2ccc(NC(=O)c3ccco3)cc2)cc1. The summed E-state index contributed by atoms with van der Waals surface area (Å²) in [5, 5.41) is 8.28. The molecule has 1 aromatic heterocycles. The van der Waals surface area contributed by atoms with Gasteiger partial charge in [0.05, 0.1) is 19.1 Å². The van der Waals surface area contributed by atoms with Gasteiger partial charge in [0.15, 0.2) is 5.76 Å². The van der Waals surface area contributed by atoms with Crippen LogP contribution in [0.15, 0.2) is 95.6 Å². The van der Waals surface area contributed by atoms with Crippen LogP contribution in [0.25, 0.3) is 0 Å². The molecule has 0 unspecified atom stereocenters. The number of nitrogens with one attached hydrogen (secondary N) is 3. The van der Waals surface area contributed by atoms with Gasteiger partial charge in [0.1, 0.15) is 5.75 Å². The van der Waals surface area contributed by atoms with E-state index >= 15 is 0 Å². The van der Waals surface area contributed by atoms with E-state index in [4.69, 9.17) is 9.15 Å². The maximum atomic E-state index is 12.6. The molecule has 0 saturated carbocycles. The monoisotopic (exact) mass is 455 g/mol. The lowest BCUT2D eigenvalue weighted by atomic mass is 10.1. The average molecular weight is 455 g/mol. The zero-order valence-electron chi connectivity index (χ0n) is 18.2. The summed E-state index contributed by atoms with van der Waals surface area (Å²) in [6.45, 7) is 0.